The maximum atomic E-state index is 11.4. The number of nitrogens with zero attached hydrogens (tertiary/aromatic N) is 2. The van der Waals surface area contributed by atoms with Crippen LogP contribution in [0.1, 0.15) is 5.82 Å². The Balaban J connectivity index is 2.95. The van der Waals surface area contributed by atoms with Crippen LogP contribution in [0.15, 0.2) is 21.7 Å². The lowest BCUT2D eigenvalue weighted by Crippen LogP contribution is -2.09. The number of aromatic amines is 1. The summed E-state index contributed by atoms with van der Waals surface area (Å²) in [5.74, 6) is 0.599. The number of hydrogen-bond donors (Lipinski definition) is 1. The van der Waals surface area contributed by atoms with E-state index in [1.165, 1.54) is 0 Å². The minimum atomic E-state index is -0.134. The zero-order chi connectivity index (χ0) is 9.42. The summed E-state index contributed by atoms with van der Waals surface area (Å²) in [6.45, 7) is 1.74. The first-order chi connectivity index (χ1) is 6.16. The van der Waals surface area contributed by atoms with Crippen molar-refractivity contribution in [3.63, 3.8) is 0 Å². The number of pyridine rings is 1. The lowest BCUT2D eigenvalue weighted by Gasteiger charge is -1.97. The van der Waals surface area contributed by atoms with Gasteiger partial charge in [-0.2, -0.15) is 0 Å². The summed E-state index contributed by atoms with van der Waals surface area (Å²) in [5, 5.41) is 0.549. The van der Waals surface area contributed by atoms with Gasteiger partial charge in [0, 0.05) is 0 Å². The highest BCUT2D eigenvalue weighted by Crippen LogP contribution is 2.11. The maximum Gasteiger partial charge on any atom is 0.258 e. The fourth-order valence-corrected chi connectivity index (χ4v) is 1.47. The third kappa shape index (κ3) is 1.47. The van der Waals surface area contributed by atoms with Gasteiger partial charge in [0.05, 0.1) is 17.1 Å². The molecule has 0 aliphatic heterocycles. The number of rotatable bonds is 0. The van der Waals surface area contributed by atoms with Gasteiger partial charge in [-0.1, -0.05) is 0 Å². The van der Waals surface area contributed by atoms with Crippen LogP contribution in [-0.4, -0.2) is 15.0 Å². The Hall–Kier alpha value is -1.23. The fourth-order valence-electron chi connectivity index (χ4n) is 1.13. The van der Waals surface area contributed by atoms with Gasteiger partial charge < -0.3 is 4.98 Å². The normalized spacial score (nSPS) is 10.6. The Morgan fingerprint density at radius 1 is 1.54 bits per heavy atom. The molecule has 4 nitrogen and oxygen atoms in total. The summed E-state index contributed by atoms with van der Waals surface area (Å²) in [6.07, 6.45) is 1.57. The molecule has 66 valence electrons. The van der Waals surface area contributed by atoms with E-state index >= 15 is 0 Å². The zero-order valence-corrected chi connectivity index (χ0v) is 8.42. The molecule has 0 saturated carbocycles. The Labute approximate surface area is 82.2 Å². The second kappa shape index (κ2) is 2.92. The number of H-pyrrole nitrogens is 1. The summed E-state index contributed by atoms with van der Waals surface area (Å²) in [6, 6.07) is 1.65. The molecule has 0 aliphatic rings. The van der Waals surface area contributed by atoms with Gasteiger partial charge in [-0.3, -0.25) is 4.79 Å². The smallest absolute Gasteiger partial charge is 0.258 e. The van der Waals surface area contributed by atoms with E-state index in [1.807, 2.05) is 0 Å². The summed E-state index contributed by atoms with van der Waals surface area (Å²) < 4.78 is 0.635. The number of aryl methyl sites for hydroxylation is 1. The topological polar surface area (TPSA) is 58.6 Å². The van der Waals surface area contributed by atoms with Crippen LogP contribution < -0.4 is 5.56 Å². The van der Waals surface area contributed by atoms with Gasteiger partial charge in [-0.05, 0) is 28.9 Å². The van der Waals surface area contributed by atoms with Gasteiger partial charge in [0.2, 0.25) is 0 Å². The lowest BCUT2D eigenvalue weighted by atomic mass is 10.3. The standard InChI is InChI=1S/C8H6BrN3O/c1-4-11-6-3-10-7(9)2-5(6)8(13)12-4/h2-3H,1H3,(H,11,12,13). The lowest BCUT2D eigenvalue weighted by molar-refractivity contribution is 1.05. The van der Waals surface area contributed by atoms with E-state index in [0.29, 0.717) is 21.3 Å². The second-order valence-electron chi connectivity index (χ2n) is 2.68. The Morgan fingerprint density at radius 2 is 2.31 bits per heavy atom. The molecule has 0 atom stereocenters. The van der Waals surface area contributed by atoms with Gasteiger partial charge in [-0.25, -0.2) is 9.97 Å². The minimum absolute atomic E-state index is 0.134. The first-order valence-corrected chi connectivity index (χ1v) is 4.48. The second-order valence-corrected chi connectivity index (χ2v) is 3.49. The van der Waals surface area contributed by atoms with Crippen molar-refractivity contribution in [2.24, 2.45) is 0 Å². The Kier molecular flexibility index (Phi) is 1.88. The quantitative estimate of drug-likeness (QED) is 0.708. The highest BCUT2D eigenvalue weighted by molar-refractivity contribution is 9.10. The molecule has 0 aromatic carbocycles. The zero-order valence-electron chi connectivity index (χ0n) is 6.84. The summed E-state index contributed by atoms with van der Waals surface area (Å²) in [7, 11) is 0. The van der Waals surface area contributed by atoms with E-state index in [0.717, 1.165) is 0 Å². The molecule has 0 bridgehead atoms. The Morgan fingerprint density at radius 3 is 3.08 bits per heavy atom. The monoisotopic (exact) mass is 239 g/mol. The van der Waals surface area contributed by atoms with Gasteiger partial charge in [0.25, 0.3) is 5.56 Å². The van der Waals surface area contributed by atoms with Crippen molar-refractivity contribution in [3.05, 3.63) is 33.0 Å². The fraction of sp³-hybridized carbons (Fsp3) is 0.125. The highest BCUT2D eigenvalue weighted by Gasteiger charge is 2.01. The predicted octanol–water partition coefficient (Wildman–Crippen LogP) is 1.39. The van der Waals surface area contributed by atoms with Crippen molar-refractivity contribution in [1.29, 1.82) is 0 Å². The van der Waals surface area contributed by atoms with Crippen molar-refractivity contribution >= 4 is 26.8 Å². The predicted molar refractivity (Wildman–Crippen MR) is 52.6 cm³/mol. The van der Waals surface area contributed by atoms with Crippen LogP contribution >= 0.6 is 15.9 Å². The van der Waals surface area contributed by atoms with Crippen LogP contribution in [0.3, 0.4) is 0 Å². The van der Waals surface area contributed by atoms with Gasteiger partial charge >= 0.3 is 0 Å². The third-order valence-corrected chi connectivity index (χ3v) is 2.11. The van der Waals surface area contributed by atoms with E-state index in [4.69, 9.17) is 0 Å². The van der Waals surface area contributed by atoms with Gasteiger partial charge in [-0.15, -0.1) is 0 Å². The number of aromatic nitrogens is 3. The molecule has 2 rings (SSSR count). The largest absolute Gasteiger partial charge is 0.310 e. The molecule has 2 heterocycles. The number of nitrogens with one attached hydrogen (secondary N) is 1. The van der Waals surface area contributed by atoms with E-state index in [1.54, 1.807) is 19.2 Å². The van der Waals surface area contributed by atoms with Crippen molar-refractivity contribution in [2.75, 3.05) is 0 Å². The van der Waals surface area contributed by atoms with Crippen LogP contribution in [0.5, 0.6) is 0 Å². The first kappa shape index (κ1) is 8.37. The highest BCUT2D eigenvalue weighted by atomic mass is 79.9. The summed E-state index contributed by atoms with van der Waals surface area (Å²) >= 11 is 3.19. The number of hydrogen-bond acceptors (Lipinski definition) is 3. The van der Waals surface area contributed by atoms with Crippen molar-refractivity contribution in [1.82, 2.24) is 15.0 Å². The first-order valence-electron chi connectivity index (χ1n) is 3.69. The van der Waals surface area contributed by atoms with E-state index in [2.05, 4.69) is 30.9 Å². The Bertz CT molecular complexity index is 520. The molecule has 0 unspecified atom stereocenters. The molecule has 1 N–H and O–H groups in total. The molecular weight excluding hydrogens is 234 g/mol. The molecule has 2 aromatic rings. The molecule has 2 aromatic heterocycles. The van der Waals surface area contributed by atoms with E-state index in [9.17, 15) is 4.79 Å². The average molecular weight is 240 g/mol. The van der Waals surface area contributed by atoms with Crippen LogP contribution in [0, 0.1) is 6.92 Å². The molecule has 0 amide bonds. The third-order valence-electron chi connectivity index (χ3n) is 1.68. The number of fused-ring (bicyclic) bond motifs is 1. The molecule has 0 spiro atoms. The summed E-state index contributed by atoms with van der Waals surface area (Å²) in [4.78, 5) is 22.2. The van der Waals surface area contributed by atoms with Crippen molar-refractivity contribution in [2.45, 2.75) is 6.92 Å². The van der Waals surface area contributed by atoms with Crippen LogP contribution in [0.25, 0.3) is 10.9 Å². The maximum absolute atomic E-state index is 11.4. The van der Waals surface area contributed by atoms with E-state index < -0.39 is 0 Å². The number of halogens is 1. The van der Waals surface area contributed by atoms with Crippen molar-refractivity contribution < 1.29 is 0 Å². The molecule has 13 heavy (non-hydrogen) atoms. The SMILES string of the molecule is Cc1nc2cnc(Br)cc2c(=O)[nH]1. The van der Waals surface area contributed by atoms with Crippen LogP contribution in [0.4, 0.5) is 0 Å². The van der Waals surface area contributed by atoms with Crippen molar-refractivity contribution in [3.8, 4) is 0 Å². The van der Waals surface area contributed by atoms with Crippen LogP contribution in [-0.2, 0) is 0 Å². The minimum Gasteiger partial charge on any atom is -0.310 e. The van der Waals surface area contributed by atoms with Crippen LogP contribution in [0.2, 0.25) is 0 Å². The molecule has 0 fully saturated rings. The molecular formula is C8H6BrN3O. The van der Waals surface area contributed by atoms with Gasteiger partial charge in [0.1, 0.15) is 10.4 Å². The molecule has 5 heteroatoms. The molecule has 0 saturated heterocycles. The van der Waals surface area contributed by atoms with Gasteiger partial charge in [0.15, 0.2) is 0 Å². The summed E-state index contributed by atoms with van der Waals surface area (Å²) in [5.41, 5.74) is 0.482. The van der Waals surface area contributed by atoms with E-state index in [-0.39, 0.29) is 5.56 Å². The molecule has 0 aliphatic carbocycles. The average Bonchev–Trinajstić information content (AvgIpc) is 2.06. The molecule has 0 radical (unpaired) electrons.